The van der Waals surface area contributed by atoms with E-state index in [1.54, 1.807) is 0 Å². The molecule has 16 unspecified atom stereocenters. The number of hydrogen-bond acceptors (Lipinski definition) is 13. The van der Waals surface area contributed by atoms with E-state index < -0.39 is 84.8 Å². The molecule has 4 heterocycles. The lowest BCUT2D eigenvalue weighted by Gasteiger charge is -2.60. The van der Waals surface area contributed by atoms with Crippen LogP contribution in [0.15, 0.2) is 11.6 Å². The van der Waals surface area contributed by atoms with Gasteiger partial charge in [0.1, 0.15) is 36.6 Å². The van der Waals surface area contributed by atoms with Gasteiger partial charge in [-0.1, -0.05) is 39.3 Å². The van der Waals surface area contributed by atoms with Crippen LogP contribution in [0, 0.1) is 46.3 Å². The van der Waals surface area contributed by atoms with Crippen molar-refractivity contribution < 1.29 is 64.2 Å². The van der Waals surface area contributed by atoms with Crippen LogP contribution in [-0.4, -0.2) is 134 Å². The molecule has 0 amide bonds. The van der Waals surface area contributed by atoms with Gasteiger partial charge in [0.05, 0.1) is 43.7 Å². The summed E-state index contributed by atoms with van der Waals surface area (Å²) >= 11 is 0. The van der Waals surface area contributed by atoms with Gasteiger partial charge in [-0.2, -0.15) is 0 Å². The molecule has 51 heavy (non-hydrogen) atoms. The molecule has 7 fully saturated rings. The fourth-order valence-electron chi connectivity index (χ4n) is 12.4. The summed E-state index contributed by atoms with van der Waals surface area (Å²) in [6.07, 6.45) is -5.94. The molecule has 0 aromatic rings. The molecule has 1 spiro atoms. The van der Waals surface area contributed by atoms with Crippen LogP contribution in [0.3, 0.4) is 0 Å². The first-order valence-electron chi connectivity index (χ1n) is 19.4. The lowest BCUT2D eigenvalue weighted by Crippen LogP contribution is -2.63. The Balaban J connectivity index is 1.04. The molecule has 13 nitrogen and oxygen atoms in total. The van der Waals surface area contributed by atoms with Crippen LogP contribution >= 0.6 is 0 Å². The van der Waals surface area contributed by atoms with Crippen LogP contribution in [0.1, 0.15) is 79.6 Å². The highest BCUT2D eigenvalue weighted by atomic mass is 16.8. The lowest BCUT2D eigenvalue weighted by molar-refractivity contribution is -0.362. The molecule has 8 rings (SSSR count). The third-order valence-corrected chi connectivity index (χ3v) is 15.4. The molecule has 0 aromatic heterocycles. The maximum absolute atomic E-state index is 11.1. The summed E-state index contributed by atoms with van der Waals surface area (Å²) in [5.74, 6) is 0.859. The van der Waals surface area contributed by atoms with Crippen molar-refractivity contribution in [3.63, 3.8) is 0 Å². The quantitative estimate of drug-likeness (QED) is 0.203. The smallest absolute Gasteiger partial charge is 0.187 e. The second-order valence-corrected chi connectivity index (χ2v) is 18.0. The Morgan fingerprint density at radius 1 is 0.824 bits per heavy atom. The van der Waals surface area contributed by atoms with Gasteiger partial charge in [-0.3, -0.25) is 0 Å². The summed E-state index contributed by atoms with van der Waals surface area (Å²) < 4.78 is 37.8. The Morgan fingerprint density at radius 2 is 1.59 bits per heavy atom. The monoisotopic (exact) mass is 724 g/mol. The highest BCUT2D eigenvalue weighted by Crippen LogP contribution is 2.71. The van der Waals surface area contributed by atoms with Crippen molar-refractivity contribution in [2.24, 2.45) is 46.3 Å². The van der Waals surface area contributed by atoms with Crippen molar-refractivity contribution in [3.05, 3.63) is 11.6 Å². The zero-order valence-electron chi connectivity index (χ0n) is 30.5. The summed E-state index contributed by atoms with van der Waals surface area (Å²) in [7, 11) is 0. The molecule has 13 heteroatoms. The lowest BCUT2D eigenvalue weighted by atomic mass is 9.46. The van der Waals surface area contributed by atoms with E-state index in [1.807, 2.05) is 6.92 Å². The molecule has 290 valence electrons. The SMILES string of the molecule is CC1CO[C@]2(CC1O)OC1CC3C4CC=C5C[C@@H](O)C[C@@H](OC6OCC(O)C(O)C6OC6OC(C)C(O)C(O)C6O)[C@]5(C)C4CC[C@]3(C)C1[C@@H]2C. The zero-order chi connectivity index (χ0) is 36.4. The first kappa shape index (κ1) is 37.2. The van der Waals surface area contributed by atoms with Crippen molar-refractivity contribution >= 4 is 0 Å². The summed E-state index contributed by atoms with van der Waals surface area (Å²) in [5.41, 5.74) is 0.759. The van der Waals surface area contributed by atoms with Gasteiger partial charge in [-0.05, 0) is 68.1 Å². The minimum Gasteiger partial charge on any atom is -0.393 e. The van der Waals surface area contributed by atoms with Gasteiger partial charge in [0.2, 0.25) is 0 Å². The van der Waals surface area contributed by atoms with Gasteiger partial charge in [-0.25, -0.2) is 0 Å². The van der Waals surface area contributed by atoms with E-state index in [4.69, 9.17) is 28.4 Å². The Bertz CT molecular complexity index is 1330. The standard InChI is InChI=1S/C38H60O13/c1-16-14-47-38(13-24(16)40)17(2)28-26(51-38)12-23-21-7-6-19-10-20(39)11-27(37(19,5)22(21)8-9-36(23,28)4)49-35-33(30(43)25(41)15-46-35)50-34-32(45)31(44)29(42)18(3)48-34/h6,16-18,20-35,39-45H,7-15H2,1-5H3/t16?,17-,18?,20+,21?,22?,23?,24?,25?,26?,27+,28?,29?,30?,31?,32?,33?,34?,35?,36-,37-,38+/m0/s1. The summed E-state index contributed by atoms with van der Waals surface area (Å²) in [4.78, 5) is 0. The van der Waals surface area contributed by atoms with Gasteiger partial charge in [-0.15, -0.1) is 0 Å². The van der Waals surface area contributed by atoms with Gasteiger partial charge in [0.25, 0.3) is 0 Å². The Hall–Kier alpha value is -0.780. The topological polar surface area (TPSA) is 197 Å². The number of aliphatic hydroxyl groups is 7. The molecule has 8 aliphatic rings. The molecule has 7 N–H and O–H groups in total. The van der Waals surface area contributed by atoms with E-state index in [0.29, 0.717) is 43.6 Å². The van der Waals surface area contributed by atoms with Crippen LogP contribution < -0.4 is 0 Å². The first-order valence-corrected chi connectivity index (χ1v) is 19.4. The number of fused-ring (bicyclic) bond motifs is 7. The van der Waals surface area contributed by atoms with Crippen LogP contribution in [0.2, 0.25) is 0 Å². The van der Waals surface area contributed by atoms with Crippen LogP contribution in [0.4, 0.5) is 0 Å². The number of hydrogen-bond donors (Lipinski definition) is 7. The minimum absolute atomic E-state index is 0.0418. The van der Waals surface area contributed by atoms with Gasteiger partial charge in [0, 0.05) is 30.1 Å². The summed E-state index contributed by atoms with van der Waals surface area (Å²) in [6.45, 7) is 10.8. The van der Waals surface area contributed by atoms with E-state index in [1.165, 1.54) is 12.5 Å². The fraction of sp³-hybridized carbons (Fsp3) is 0.947. The molecular weight excluding hydrogens is 664 g/mol. The number of allylic oxidation sites excluding steroid dienone is 1. The third kappa shape index (κ3) is 5.66. The van der Waals surface area contributed by atoms with Crippen molar-refractivity contribution in [1.29, 1.82) is 0 Å². The van der Waals surface area contributed by atoms with E-state index >= 15 is 0 Å². The Labute approximate surface area is 300 Å². The van der Waals surface area contributed by atoms with E-state index in [0.717, 1.165) is 25.7 Å². The predicted molar refractivity (Wildman–Crippen MR) is 178 cm³/mol. The summed E-state index contributed by atoms with van der Waals surface area (Å²) in [5, 5.41) is 75.0. The van der Waals surface area contributed by atoms with Crippen molar-refractivity contribution in [1.82, 2.24) is 0 Å². The van der Waals surface area contributed by atoms with E-state index in [2.05, 4.69) is 26.8 Å². The van der Waals surface area contributed by atoms with Gasteiger partial charge >= 0.3 is 0 Å². The zero-order valence-corrected chi connectivity index (χ0v) is 30.5. The maximum Gasteiger partial charge on any atom is 0.187 e. The largest absolute Gasteiger partial charge is 0.393 e. The first-order chi connectivity index (χ1) is 24.1. The van der Waals surface area contributed by atoms with E-state index in [-0.39, 0.29) is 35.9 Å². The Kier molecular flexibility index (Phi) is 9.60. The van der Waals surface area contributed by atoms with Crippen LogP contribution in [0.25, 0.3) is 0 Å². The molecule has 22 atom stereocenters. The predicted octanol–water partition coefficient (Wildman–Crippen LogP) is 0.971. The van der Waals surface area contributed by atoms with Crippen LogP contribution in [-0.2, 0) is 28.4 Å². The van der Waals surface area contributed by atoms with Crippen LogP contribution in [0.5, 0.6) is 0 Å². The third-order valence-electron chi connectivity index (χ3n) is 15.4. The molecule has 4 saturated heterocycles. The Morgan fingerprint density at radius 3 is 2.33 bits per heavy atom. The molecule has 0 aromatic carbocycles. The molecule has 4 aliphatic heterocycles. The number of aliphatic hydroxyl groups excluding tert-OH is 7. The highest BCUT2D eigenvalue weighted by Gasteiger charge is 2.70. The molecule has 0 bridgehead atoms. The molecule has 0 radical (unpaired) electrons. The second kappa shape index (κ2) is 13.2. The fourth-order valence-corrected chi connectivity index (χ4v) is 12.4. The van der Waals surface area contributed by atoms with Crippen molar-refractivity contribution in [2.75, 3.05) is 13.2 Å². The highest BCUT2D eigenvalue weighted by molar-refractivity contribution is 5.29. The van der Waals surface area contributed by atoms with Crippen molar-refractivity contribution in [3.8, 4) is 0 Å². The maximum atomic E-state index is 11.1. The molecule has 4 aliphatic carbocycles. The van der Waals surface area contributed by atoms with Crippen molar-refractivity contribution in [2.45, 2.75) is 165 Å². The average molecular weight is 725 g/mol. The second-order valence-electron chi connectivity index (χ2n) is 18.0. The average Bonchev–Trinajstić information content (AvgIpc) is 3.53. The summed E-state index contributed by atoms with van der Waals surface area (Å²) in [6, 6.07) is 0. The molecular formula is C38H60O13. The van der Waals surface area contributed by atoms with E-state index in [9.17, 15) is 35.7 Å². The minimum atomic E-state index is -1.62. The van der Waals surface area contributed by atoms with Gasteiger partial charge < -0.3 is 64.2 Å². The van der Waals surface area contributed by atoms with Gasteiger partial charge in [0.15, 0.2) is 18.4 Å². The number of ether oxygens (including phenoxy) is 6. The number of rotatable bonds is 4. The molecule has 3 saturated carbocycles. The normalized spacial score (nSPS) is 59.8.